The molecule has 1 aliphatic heterocycles. The maximum absolute atomic E-state index is 12.9. The molecule has 5 nitrogen and oxygen atoms in total. The molecule has 1 N–H and O–H groups in total. The van der Waals surface area contributed by atoms with Crippen LogP contribution in [0.15, 0.2) is 53.4 Å². The van der Waals surface area contributed by atoms with Crippen molar-refractivity contribution in [1.29, 1.82) is 0 Å². The minimum absolute atomic E-state index is 0.153. The van der Waals surface area contributed by atoms with Gasteiger partial charge in [-0.3, -0.25) is 4.79 Å². The number of hydrogen-bond donors (Lipinski definition) is 1. The Morgan fingerprint density at radius 3 is 2.38 bits per heavy atom. The Kier molecular flexibility index (Phi) is 4.75. The number of aromatic nitrogens is 2. The van der Waals surface area contributed by atoms with E-state index in [1.165, 1.54) is 0 Å². The first-order chi connectivity index (χ1) is 12.8. The second-order valence-corrected chi connectivity index (χ2v) is 7.08. The number of carbonyl (C=O) groups excluding carboxylic acids is 1. The number of nitrogens with zero attached hydrogens (tertiary/aromatic N) is 3. The third-order valence-electron chi connectivity index (χ3n) is 4.54. The van der Waals surface area contributed by atoms with Gasteiger partial charge in [0.15, 0.2) is 11.6 Å². The van der Waals surface area contributed by atoms with Crippen molar-refractivity contribution in [2.24, 2.45) is 0 Å². The molecule has 0 atom stereocenters. The van der Waals surface area contributed by atoms with Gasteiger partial charge >= 0.3 is 0 Å². The van der Waals surface area contributed by atoms with E-state index in [4.69, 9.17) is 9.97 Å². The molecule has 0 radical (unpaired) electrons. The van der Waals surface area contributed by atoms with Crippen molar-refractivity contribution < 1.29 is 4.79 Å². The number of benzene rings is 2. The number of rotatable bonds is 4. The molecule has 1 aromatic heterocycles. The average Bonchev–Trinajstić information content (AvgIpc) is 3.22. The van der Waals surface area contributed by atoms with Crippen LogP contribution in [-0.4, -0.2) is 35.2 Å². The monoisotopic (exact) mass is 364 g/mol. The van der Waals surface area contributed by atoms with Crippen LogP contribution < -0.4 is 10.2 Å². The van der Waals surface area contributed by atoms with Crippen molar-refractivity contribution in [2.75, 3.05) is 29.6 Å². The molecule has 26 heavy (non-hydrogen) atoms. The summed E-state index contributed by atoms with van der Waals surface area (Å²) in [5.74, 6) is 1.14. The largest absolute Gasteiger partial charge is 0.354 e. The highest BCUT2D eigenvalue weighted by Crippen LogP contribution is 2.29. The molecule has 3 aromatic rings. The van der Waals surface area contributed by atoms with Crippen LogP contribution in [0.3, 0.4) is 0 Å². The standard InChI is InChI=1S/C20H20N4OS/c1-26-17-11-5-2-8-14(17)20(25)23-18-19(24-12-6-7-13-24)22-16-10-4-3-9-15(16)21-18/h2-5,8-11H,6-7,12-13H2,1H3,(H,21,23,25). The number of nitrogens with one attached hydrogen (secondary N) is 1. The minimum atomic E-state index is -0.153. The summed E-state index contributed by atoms with van der Waals surface area (Å²) in [5, 5.41) is 3.00. The van der Waals surface area contributed by atoms with E-state index in [-0.39, 0.29) is 5.91 Å². The summed E-state index contributed by atoms with van der Waals surface area (Å²) in [6.07, 6.45) is 4.24. The normalized spacial score (nSPS) is 14.0. The summed E-state index contributed by atoms with van der Waals surface area (Å²) in [6, 6.07) is 15.4. The fourth-order valence-corrected chi connectivity index (χ4v) is 3.83. The lowest BCUT2D eigenvalue weighted by molar-refractivity contribution is 0.102. The van der Waals surface area contributed by atoms with Crippen molar-refractivity contribution in [2.45, 2.75) is 17.7 Å². The average molecular weight is 364 g/mol. The molecule has 0 aliphatic carbocycles. The topological polar surface area (TPSA) is 58.1 Å². The van der Waals surface area contributed by atoms with Gasteiger partial charge in [-0.2, -0.15) is 0 Å². The molecule has 0 spiro atoms. The molecule has 4 rings (SSSR count). The number of hydrogen-bond acceptors (Lipinski definition) is 5. The van der Waals surface area contributed by atoms with Gasteiger partial charge in [-0.15, -0.1) is 11.8 Å². The van der Waals surface area contributed by atoms with Gasteiger partial charge in [0.25, 0.3) is 5.91 Å². The zero-order valence-electron chi connectivity index (χ0n) is 14.6. The van der Waals surface area contributed by atoms with Gasteiger partial charge in [-0.25, -0.2) is 9.97 Å². The Hall–Kier alpha value is -2.60. The summed E-state index contributed by atoms with van der Waals surface area (Å²) in [4.78, 5) is 25.5. The van der Waals surface area contributed by atoms with Crippen LogP contribution in [0.5, 0.6) is 0 Å². The summed E-state index contributed by atoms with van der Waals surface area (Å²) in [6.45, 7) is 1.88. The Balaban J connectivity index is 1.74. The molecule has 0 saturated carbocycles. The molecule has 1 amide bonds. The van der Waals surface area contributed by atoms with E-state index in [1.54, 1.807) is 11.8 Å². The highest BCUT2D eigenvalue weighted by atomic mass is 32.2. The van der Waals surface area contributed by atoms with E-state index in [0.29, 0.717) is 11.4 Å². The zero-order chi connectivity index (χ0) is 17.9. The fraction of sp³-hybridized carbons (Fsp3) is 0.250. The van der Waals surface area contributed by atoms with Crippen LogP contribution >= 0.6 is 11.8 Å². The third-order valence-corrected chi connectivity index (χ3v) is 5.34. The quantitative estimate of drug-likeness (QED) is 0.703. The lowest BCUT2D eigenvalue weighted by Gasteiger charge is -2.20. The van der Waals surface area contributed by atoms with Crippen molar-refractivity contribution in [3.8, 4) is 0 Å². The predicted octanol–water partition coefficient (Wildman–Crippen LogP) is 4.20. The van der Waals surface area contributed by atoms with E-state index >= 15 is 0 Å². The van der Waals surface area contributed by atoms with Crippen LogP contribution in [-0.2, 0) is 0 Å². The predicted molar refractivity (Wildman–Crippen MR) is 107 cm³/mol. The Morgan fingerprint density at radius 2 is 1.65 bits per heavy atom. The number of amides is 1. The third kappa shape index (κ3) is 3.24. The van der Waals surface area contributed by atoms with Crippen molar-refractivity contribution in [1.82, 2.24) is 9.97 Å². The maximum atomic E-state index is 12.9. The van der Waals surface area contributed by atoms with Crippen molar-refractivity contribution in [3.05, 3.63) is 54.1 Å². The molecule has 2 aromatic carbocycles. The summed E-state index contributed by atoms with van der Waals surface area (Å²) >= 11 is 1.56. The number of carbonyl (C=O) groups is 1. The molecule has 0 bridgehead atoms. The molecule has 1 fully saturated rings. The summed E-state index contributed by atoms with van der Waals surface area (Å²) < 4.78 is 0. The summed E-state index contributed by atoms with van der Waals surface area (Å²) in [5.41, 5.74) is 2.28. The van der Waals surface area contributed by atoms with Gasteiger partial charge in [0.1, 0.15) is 0 Å². The van der Waals surface area contributed by atoms with Gasteiger partial charge < -0.3 is 10.2 Å². The number of thioether (sulfide) groups is 1. The second kappa shape index (κ2) is 7.33. The van der Waals surface area contributed by atoms with Gasteiger partial charge in [0, 0.05) is 18.0 Å². The minimum Gasteiger partial charge on any atom is -0.354 e. The Labute approximate surface area is 156 Å². The molecule has 1 aliphatic rings. The van der Waals surface area contributed by atoms with Crippen molar-refractivity contribution >= 4 is 40.3 Å². The van der Waals surface area contributed by atoms with E-state index < -0.39 is 0 Å². The van der Waals surface area contributed by atoms with Crippen LogP contribution in [0.2, 0.25) is 0 Å². The maximum Gasteiger partial charge on any atom is 0.258 e. The second-order valence-electron chi connectivity index (χ2n) is 6.23. The Bertz CT molecular complexity index is 953. The first kappa shape index (κ1) is 16.8. The van der Waals surface area contributed by atoms with E-state index in [1.807, 2.05) is 54.8 Å². The zero-order valence-corrected chi connectivity index (χ0v) is 15.4. The molecular weight excluding hydrogens is 344 g/mol. The van der Waals surface area contributed by atoms with Crippen molar-refractivity contribution in [3.63, 3.8) is 0 Å². The number of fused-ring (bicyclic) bond motifs is 1. The first-order valence-corrected chi connectivity index (χ1v) is 9.95. The molecule has 2 heterocycles. The van der Waals surface area contributed by atoms with Gasteiger partial charge in [0.05, 0.1) is 16.6 Å². The smallest absolute Gasteiger partial charge is 0.258 e. The SMILES string of the molecule is CSc1ccccc1C(=O)Nc1nc2ccccc2nc1N1CCCC1. The number of para-hydroxylation sites is 2. The van der Waals surface area contributed by atoms with E-state index in [2.05, 4.69) is 10.2 Å². The highest BCUT2D eigenvalue weighted by Gasteiger charge is 2.21. The molecule has 6 heteroatoms. The van der Waals surface area contributed by atoms with Gasteiger partial charge in [-0.05, 0) is 43.4 Å². The molecule has 132 valence electrons. The molecule has 0 unspecified atom stereocenters. The Morgan fingerprint density at radius 1 is 1.00 bits per heavy atom. The van der Waals surface area contributed by atoms with Crippen LogP contribution in [0.4, 0.5) is 11.6 Å². The van der Waals surface area contributed by atoms with Crippen LogP contribution in [0.1, 0.15) is 23.2 Å². The number of anilines is 2. The lowest BCUT2D eigenvalue weighted by atomic mass is 10.2. The van der Waals surface area contributed by atoms with Crippen LogP contribution in [0.25, 0.3) is 11.0 Å². The van der Waals surface area contributed by atoms with E-state index in [0.717, 1.165) is 47.7 Å². The van der Waals surface area contributed by atoms with Gasteiger partial charge in [0.2, 0.25) is 0 Å². The lowest BCUT2D eigenvalue weighted by Crippen LogP contribution is -2.23. The van der Waals surface area contributed by atoms with Gasteiger partial charge in [-0.1, -0.05) is 24.3 Å². The first-order valence-electron chi connectivity index (χ1n) is 8.72. The summed E-state index contributed by atoms with van der Waals surface area (Å²) in [7, 11) is 0. The highest BCUT2D eigenvalue weighted by molar-refractivity contribution is 7.98. The van der Waals surface area contributed by atoms with Crippen LogP contribution in [0, 0.1) is 0 Å². The fourth-order valence-electron chi connectivity index (χ4n) is 3.23. The molecule has 1 saturated heterocycles. The van der Waals surface area contributed by atoms with E-state index in [9.17, 15) is 4.79 Å². The molecular formula is C20H20N4OS.